The van der Waals surface area contributed by atoms with Crippen molar-refractivity contribution in [2.24, 2.45) is 5.73 Å². The van der Waals surface area contributed by atoms with Gasteiger partial charge in [-0.05, 0) is 29.8 Å². The van der Waals surface area contributed by atoms with Gasteiger partial charge in [0.2, 0.25) is 0 Å². The van der Waals surface area contributed by atoms with E-state index < -0.39 is 18.0 Å². The monoisotopic (exact) mass is 273 g/mol. The second-order valence-electron chi connectivity index (χ2n) is 4.33. The van der Waals surface area contributed by atoms with Crippen molar-refractivity contribution in [1.29, 1.82) is 0 Å². The Hall–Kier alpha value is -2.56. The maximum absolute atomic E-state index is 11.4. The van der Waals surface area contributed by atoms with Crippen molar-refractivity contribution in [3.05, 3.63) is 42.5 Å². The van der Waals surface area contributed by atoms with Crippen LogP contribution in [0.2, 0.25) is 0 Å². The van der Waals surface area contributed by atoms with Gasteiger partial charge in [-0.3, -0.25) is 4.79 Å². The van der Waals surface area contributed by atoms with Gasteiger partial charge in [0.25, 0.3) is 5.91 Å². The third kappa shape index (κ3) is 3.47. The molecule has 0 fully saturated rings. The van der Waals surface area contributed by atoms with E-state index in [1.54, 1.807) is 6.07 Å². The van der Waals surface area contributed by atoms with E-state index in [0.717, 1.165) is 10.8 Å². The highest BCUT2D eigenvalue weighted by Crippen LogP contribution is 2.20. The summed E-state index contributed by atoms with van der Waals surface area (Å²) in [7, 11) is 0. The molecule has 0 aromatic heterocycles. The lowest BCUT2D eigenvalue weighted by Gasteiger charge is -2.10. The fourth-order valence-electron chi connectivity index (χ4n) is 1.69. The van der Waals surface area contributed by atoms with Gasteiger partial charge in [-0.1, -0.05) is 30.3 Å². The number of esters is 1. The number of fused-ring (bicyclic) bond motifs is 1. The lowest BCUT2D eigenvalue weighted by molar-refractivity contribution is -0.155. The predicted molar refractivity (Wildman–Crippen MR) is 74.2 cm³/mol. The van der Waals surface area contributed by atoms with Gasteiger partial charge in [-0.15, -0.1) is 0 Å². The van der Waals surface area contributed by atoms with E-state index in [1.807, 2.05) is 36.4 Å². The first-order valence-corrected chi connectivity index (χ1v) is 6.16. The fourth-order valence-corrected chi connectivity index (χ4v) is 1.69. The van der Waals surface area contributed by atoms with Crippen LogP contribution in [-0.2, 0) is 14.3 Å². The lowest BCUT2D eigenvalue weighted by atomic mass is 10.1. The maximum Gasteiger partial charge on any atom is 0.344 e. The summed E-state index contributed by atoms with van der Waals surface area (Å²) in [6.45, 7) is 1.15. The van der Waals surface area contributed by atoms with Crippen molar-refractivity contribution in [3.8, 4) is 5.75 Å². The molecule has 0 saturated heterocycles. The molecule has 0 aliphatic heterocycles. The third-order valence-corrected chi connectivity index (χ3v) is 2.79. The van der Waals surface area contributed by atoms with Crippen LogP contribution < -0.4 is 10.5 Å². The number of carbonyl (C=O) groups excluding carboxylic acids is 2. The lowest BCUT2D eigenvalue weighted by Crippen LogP contribution is -2.32. The number of hydrogen-bond donors (Lipinski definition) is 1. The van der Waals surface area contributed by atoms with Crippen molar-refractivity contribution in [1.82, 2.24) is 0 Å². The van der Waals surface area contributed by atoms with Crippen LogP contribution in [0.4, 0.5) is 0 Å². The molecule has 104 valence electrons. The van der Waals surface area contributed by atoms with E-state index in [2.05, 4.69) is 0 Å². The largest absolute Gasteiger partial charge is 0.482 e. The van der Waals surface area contributed by atoms with Crippen LogP contribution in [0.5, 0.6) is 5.75 Å². The number of primary amides is 1. The van der Waals surface area contributed by atoms with E-state index in [-0.39, 0.29) is 6.61 Å². The highest BCUT2D eigenvalue weighted by atomic mass is 16.6. The minimum atomic E-state index is -0.956. The highest BCUT2D eigenvalue weighted by Gasteiger charge is 2.14. The standard InChI is InChI=1S/C15H15NO4/c1-10(15(16)18)20-14(17)9-19-13-7-6-11-4-2-3-5-12(11)8-13/h2-8,10H,9H2,1H3,(H2,16,18)/t10-/m1/s1. The molecule has 2 N–H and O–H groups in total. The van der Waals surface area contributed by atoms with Crippen molar-refractivity contribution < 1.29 is 19.1 Å². The second-order valence-corrected chi connectivity index (χ2v) is 4.33. The Morgan fingerprint density at radius 1 is 1.15 bits per heavy atom. The van der Waals surface area contributed by atoms with Crippen molar-refractivity contribution >= 4 is 22.6 Å². The van der Waals surface area contributed by atoms with Gasteiger partial charge in [0, 0.05) is 0 Å². The van der Waals surface area contributed by atoms with Crippen molar-refractivity contribution in [2.45, 2.75) is 13.0 Å². The number of rotatable bonds is 5. The Morgan fingerprint density at radius 2 is 1.85 bits per heavy atom. The highest BCUT2D eigenvalue weighted by molar-refractivity contribution is 5.84. The molecule has 0 saturated carbocycles. The number of carbonyl (C=O) groups is 2. The van der Waals surface area contributed by atoms with E-state index in [4.69, 9.17) is 15.2 Å². The number of ether oxygens (including phenoxy) is 2. The van der Waals surface area contributed by atoms with E-state index in [1.165, 1.54) is 6.92 Å². The van der Waals surface area contributed by atoms with Gasteiger partial charge in [0.05, 0.1) is 0 Å². The summed E-state index contributed by atoms with van der Waals surface area (Å²) in [5.74, 6) is -0.763. The molecule has 0 aliphatic rings. The van der Waals surface area contributed by atoms with Crippen LogP contribution in [-0.4, -0.2) is 24.6 Å². The van der Waals surface area contributed by atoms with Gasteiger partial charge < -0.3 is 15.2 Å². The van der Waals surface area contributed by atoms with Crippen LogP contribution in [0, 0.1) is 0 Å². The van der Waals surface area contributed by atoms with Crippen LogP contribution in [0.25, 0.3) is 10.8 Å². The molecule has 2 aromatic rings. The zero-order valence-electron chi connectivity index (χ0n) is 11.0. The second kappa shape index (κ2) is 6.06. The van der Waals surface area contributed by atoms with E-state index in [9.17, 15) is 9.59 Å². The molecule has 0 aliphatic carbocycles. The summed E-state index contributed by atoms with van der Waals surface area (Å²) in [6, 6.07) is 13.3. The Bertz CT molecular complexity index is 639. The van der Waals surface area contributed by atoms with E-state index >= 15 is 0 Å². The number of amides is 1. The Morgan fingerprint density at radius 3 is 2.55 bits per heavy atom. The smallest absolute Gasteiger partial charge is 0.344 e. The van der Waals surface area contributed by atoms with Gasteiger partial charge in [0.15, 0.2) is 12.7 Å². The molecular weight excluding hydrogens is 258 g/mol. The molecule has 1 atom stereocenters. The van der Waals surface area contributed by atoms with E-state index in [0.29, 0.717) is 5.75 Å². The van der Waals surface area contributed by atoms with Crippen molar-refractivity contribution in [3.63, 3.8) is 0 Å². The van der Waals surface area contributed by atoms with Crippen molar-refractivity contribution in [2.75, 3.05) is 6.61 Å². The predicted octanol–water partition coefficient (Wildman–Crippen LogP) is 1.64. The summed E-state index contributed by atoms with van der Waals surface area (Å²) in [5.41, 5.74) is 5.00. The normalized spacial score (nSPS) is 11.8. The Balaban J connectivity index is 1.95. The summed E-state index contributed by atoms with van der Waals surface area (Å²) in [5, 5.41) is 2.11. The fraction of sp³-hybridized carbons (Fsp3) is 0.200. The molecule has 0 radical (unpaired) electrons. The molecule has 2 rings (SSSR count). The number of nitrogens with two attached hydrogens (primary N) is 1. The zero-order chi connectivity index (χ0) is 14.5. The number of hydrogen-bond acceptors (Lipinski definition) is 4. The Labute approximate surface area is 116 Å². The first-order valence-electron chi connectivity index (χ1n) is 6.16. The average Bonchev–Trinajstić information content (AvgIpc) is 2.44. The number of benzene rings is 2. The molecule has 0 unspecified atom stereocenters. The van der Waals surface area contributed by atoms with Crippen LogP contribution in [0.3, 0.4) is 0 Å². The van der Waals surface area contributed by atoms with Gasteiger partial charge >= 0.3 is 5.97 Å². The maximum atomic E-state index is 11.4. The summed E-state index contributed by atoms with van der Waals surface area (Å²) in [6.07, 6.45) is -0.956. The van der Waals surface area contributed by atoms with Gasteiger partial charge in [-0.25, -0.2) is 4.79 Å². The van der Waals surface area contributed by atoms with Gasteiger partial charge in [0.1, 0.15) is 5.75 Å². The minimum absolute atomic E-state index is 0.268. The average molecular weight is 273 g/mol. The zero-order valence-corrected chi connectivity index (χ0v) is 11.0. The molecule has 0 heterocycles. The summed E-state index contributed by atoms with van der Waals surface area (Å²) >= 11 is 0. The SMILES string of the molecule is C[C@@H](OC(=O)COc1ccc2ccccc2c1)C(N)=O. The molecular formula is C15H15NO4. The summed E-state index contributed by atoms with van der Waals surface area (Å²) in [4.78, 5) is 22.2. The first kappa shape index (κ1) is 13.9. The molecule has 5 heteroatoms. The van der Waals surface area contributed by atoms with Crippen LogP contribution in [0.15, 0.2) is 42.5 Å². The molecule has 20 heavy (non-hydrogen) atoms. The van der Waals surface area contributed by atoms with Crippen LogP contribution in [0.1, 0.15) is 6.92 Å². The molecule has 1 amide bonds. The first-order chi connectivity index (χ1) is 9.56. The molecule has 2 aromatic carbocycles. The Kier molecular flexibility index (Phi) is 4.20. The molecule has 0 spiro atoms. The van der Waals surface area contributed by atoms with Gasteiger partial charge in [-0.2, -0.15) is 0 Å². The topological polar surface area (TPSA) is 78.6 Å². The minimum Gasteiger partial charge on any atom is -0.482 e. The van der Waals surface area contributed by atoms with Crippen LogP contribution >= 0.6 is 0 Å². The third-order valence-electron chi connectivity index (χ3n) is 2.79. The summed E-state index contributed by atoms with van der Waals surface area (Å²) < 4.78 is 10.1. The molecule has 5 nitrogen and oxygen atoms in total. The quantitative estimate of drug-likeness (QED) is 0.840. The molecule has 0 bridgehead atoms.